The van der Waals surface area contributed by atoms with Gasteiger partial charge in [-0.05, 0) is 68.2 Å². The Morgan fingerprint density at radius 2 is 1.56 bits per heavy atom. The maximum Gasteiger partial charge on any atom is 0.252 e. The van der Waals surface area contributed by atoms with E-state index >= 15 is 0 Å². The molecule has 176 valence electrons. The van der Waals surface area contributed by atoms with Gasteiger partial charge in [-0.15, -0.1) is 11.8 Å². The van der Waals surface area contributed by atoms with Crippen molar-refractivity contribution in [3.8, 4) is 0 Å². The highest BCUT2D eigenvalue weighted by Crippen LogP contribution is 2.23. The van der Waals surface area contributed by atoms with Gasteiger partial charge >= 0.3 is 0 Å². The summed E-state index contributed by atoms with van der Waals surface area (Å²) in [5.41, 5.74) is 4.88. The molecule has 34 heavy (non-hydrogen) atoms. The number of carbonyl (C=O) groups excluding carboxylic acids is 2. The summed E-state index contributed by atoms with van der Waals surface area (Å²) >= 11 is 1.37. The number of benzene rings is 3. The van der Waals surface area contributed by atoms with Gasteiger partial charge in [0, 0.05) is 23.7 Å². The van der Waals surface area contributed by atoms with E-state index in [4.69, 9.17) is 0 Å². The first-order valence-electron chi connectivity index (χ1n) is 11.7. The van der Waals surface area contributed by atoms with Gasteiger partial charge in [-0.3, -0.25) is 14.5 Å². The van der Waals surface area contributed by atoms with Crippen molar-refractivity contribution in [1.29, 1.82) is 0 Å². The SMILES string of the molecule is Cc1ccc(NC(=O)CSc2ccccc2C(=O)NCc2ccc(CN3CCCC3)cc2)cc1. The van der Waals surface area contributed by atoms with Gasteiger partial charge in [-0.2, -0.15) is 0 Å². The van der Waals surface area contributed by atoms with Crippen LogP contribution in [0.3, 0.4) is 0 Å². The van der Waals surface area contributed by atoms with Crippen molar-refractivity contribution in [1.82, 2.24) is 10.2 Å². The van der Waals surface area contributed by atoms with Crippen molar-refractivity contribution in [2.75, 3.05) is 24.2 Å². The molecule has 3 aromatic rings. The topological polar surface area (TPSA) is 61.4 Å². The van der Waals surface area contributed by atoms with Crippen molar-refractivity contribution in [3.63, 3.8) is 0 Å². The lowest BCUT2D eigenvalue weighted by atomic mass is 10.1. The summed E-state index contributed by atoms with van der Waals surface area (Å²) in [6.07, 6.45) is 2.59. The Morgan fingerprint density at radius 3 is 2.29 bits per heavy atom. The highest BCUT2D eigenvalue weighted by atomic mass is 32.2. The summed E-state index contributed by atoms with van der Waals surface area (Å²) in [7, 11) is 0. The first kappa shape index (κ1) is 24.0. The Morgan fingerprint density at radius 1 is 0.882 bits per heavy atom. The number of rotatable bonds is 9. The van der Waals surface area contributed by atoms with E-state index in [1.165, 1.54) is 43.3 Å². The Balaban J connectivity index is 1.28. The fraction of sp³-hybridized carbons (Fsp3) is 0.286. The molecule has 1 aliphatic heterocycles. The van der Waals surface area contributed by atoms with Crippen LogP contribution in [0.5, 0.6) is 0 Å². The number of aryl methyl sites for hydroxylation is 1. The van der Waals surface area contributed by atoms with Gasteiger partial charge in [0.15, 0.2) is 0 Å². The van der Waals surface area contributed by atoms with Crippen LogP contribution in [0.1, 0.15) is 39.9 Å². The van der Waals surface area contributed by atoms with E-state index in [9.17, 15) is 9.59 Å². The Bertz CT molecular complexity index is 1110. The van der Waals surface area contributed by atoms with Crippen LogP contribution >= 0.6 is 11.8 Å². The number of hydrogen-bond acceptors (Lipinski definition) is 4. The molecule has 0 bridgehead atoms. The minimum Gasteiger partial charge on any atom is -0.348 e. The molecule has 0 atom stereocenters. The maximum atomic E-state index is 12.9. The Labute approximate surface area is 205 Å². The average molecular weight is 474 g/mol. The van der Waals surface area contributed by atoms with E-state index < -0.39 is 0 Å². The second-order valence-electron chi connectivity index (χ2n) is 8.68. The summed E-state index contributed by atoms with van der Waals surface area (Å²) in [5.74, 6) is -0.00215. The van der Waals surface area contributed by atoms with E-state index in [1.54, 1.807) is 6.07 Å². The Kier molecular flexibility index (Phi) is 8.39. The van der Waals surface area contributed by atoms with Crippen molar-refractivity contribution < 1.29 is 9.59 Å². The van der Waals surface area contributed by atoms with Gasteiger partial charge in [0.25, 0.3) is 5.91 Å². The zero-order chi connectivity index (χ0) is 23.8. The molecule has 0 unspecified atom stereocenters. The average Bonchev–Trinajstić information content (AvgIpc) is 3.37. The van der Waals surface area contributed by atoms with Crippen LogP contribution in [0.2, 0.25) is 0 Å². The molecule has 4 rings (SSSR count). The number of thioether (sulfide) groups is 1. The minimum absolute atomic E-state index is 0.0990. The van der Waals surface area contributed by atoms with Crippen LogP contribution in [0.25, 0.3) is 0 Å². The van der Waals surface area contributed by atoms with Crippen LogP contribution in [0.15, 0.2) is 77.7 Å². The summed E-state index contributed by atoms with van der Waals surface area (Å²) < 4.78 is 0. The number of nitrogens with one attached hydrogen (secondary N) is 2. The number of likely N-dealkylation sites (tertiary alicyclic amines) is 1. The second kappa shape index (κ2) is 11.9. The lowest BCUT2D eigenvalue weighted by Gasteiger charge is -2.15. The first-order chi connectivity index (χ1) is 16.6. The van der Waals surface area contributed by atoms with Crippen LogP contribution in [0, 0.1) is 6.92 Å². The minimum atomic E-state index is -0.136. The molecule has 1 heterocycles. The standard InChI is InChI=1S/C28H31N3O2S/c1-21-8-14-24(15-9-21)30-27(32)20-34-26-7-3-2-6-25(26)28(33)29-18-22-10-12-23(13-11-22)19-31-16-4-5-17-31/h2-3,6-15H,4-5,16-20H2,1H3,(H,29,33)(H,30,32). The van der Waals surface area contributed by atoms with Gasteiger partial charge in [0.05, 0.1) is 11.3 Å². The third-order valence-corrected chi connectivity index (χ3v) is 6.98. The summed E-state index contributed by atoms with van der Waals surface area (Å²) in [6.45, 7) is 5.84. The summed E-state index contributed by atoms with van der Waals surface area (Å²) in [4.78, 5) is 28.5. The molecule has 1 aliphatic rings. The fourth-order valence-electron chi connectivity index (χ4n) is 4.00. The molecule has 0 spiro atoms. The molecule has 6 heteroatoms. The molecule has 0 radical (unpaired) electrons. The molecular formula is C28H31N3O2S. The van der Waals surface area contributed by atoms with E-state index in [0.29, 0.717) is 12.1 Å². The van der Waals surface area contributed by atoms with Crippen LogP contribution in [0.4, 0.5) is 5.69 Å². The maximum absolute atomic E-state index is 12.9. The van der Waals surface area contributed by atoms with Crippen molar-refractivity contribution in [3.05, 3.63) is 95.1 Å². The zero-order valence-corrected chi connectivity index (χ0v) is 20.4. The predicted molar refractivity (Wildman–Crippen MR) is 139 cm³/mol. The number of anilines is 1. The molecule has 3 aromatic carbocycles. The van der Waals surface area contributed by atoms with Crippen molar-refractivity contribution in [2.45, 2.75) is 37.8 Å². The summed E-state index contributed by atoms with van der Waals surface area (Å²) in [6, 6.07) is 23.6. The smallest absolute Gasteiger partial charge is 0.252 e. The van der Waals surface area contributed by atoms with E-state index in [-0.39, 0.29) is 17.6 Å². The van der Waals surface area contributed by atoms with Gasteiger partial charge < -0.3 is 10.6 Å². The molecule has 0 saturated carbocycles. The van der Waals surface area contributed by atoms with Gasteiger partial charge in [-0.1, -0.05) is 54.1 Å². The van der Waals surface area contributed by atoms with Crippen LogP contribution < -0.4 is 10.6 Å². The van der Waals surface area contributed by atoms with Gasteiger partial charge in [0.2, 0.25) is 5.91 Å². The van der Waals surface area contributed by atoms with Gasteiger partial charge in [0.1, 0.15) is 0 Å². The quantitative estimate of drug-likeness (QED) is 0.417. The first-order valence-corrected chi connectivity index (χ1v) is 12.7. The van der Waals surface area contributed by atoms with Crippen LogP contribution in [-0.2, 0) is 17.9 Å². The second-order valence-corrected chi connectivity index (χ2v) is 9.70. The molecule has 2 N–H and O–H groups in total. The number of hydrogen-bond donors (Lipinski definition) is 2. The molecule has 2 amide bonds. The normalized spacial score (nSPS) is 13.6. The highest BCUT2D eigenvalue weighted by Gasteiger charge is 2.14. The third-order valence-electron chi connectivity index (χ3n) is 5.91. The van der Waals surface area contributed by atoms with E-state index in [0.717, 1.165) is 28.3 Å². The third kappa shape index (κ3) is 6.95. The van der Waals surface area contributed by atoms with Crippen molar-refractivity contribution >= 4 is 29.3 Å². The zero-order valence-electron chi connectivity index (χ0n) is 19.5. The van der Waals surface area contributed by atoms with E-state index in [1.807, 2.05) is 49.4 Å². The molecule has 0 aromatic heterocycles. The molecule has 0 aliphatic carbocycles. The highest BCUT2D eigenvalue weighted by molar-refractivity contribution is 8.00. The fourth-order valence-corrected chi connectivity index (χ4v) is 4.85. The van der Waals surface area contributed by atoms with Gasteiger partial charge in [-0.25, -0.2) is 0 Å². The number of nitrogens with zero attached hydrogens (tertiary/aromatic N) is 1. The summed E-state index contributed by atoms with van der Waals surface area (Å²) in [5, 5.41) is 5.92. The monoisotopic (exact) mass is 473 g/mol. The lowest BCUT2D eigenvalue weighted by molar-refractivity contribution is -0.113. The van der Waals surface area contributed by atoms with Crippen molar-refractivity contribution in [2.24, 2.45) is 0 Å². The molecule has 1 saturated heterocycles. The number of amides is 2. The predicted octanol–water partition coefficient (Wildman–Crippen LogP) is 5.25. The van der Waals surface area contributed by atoms with Crippen LogP contribution in [-0.4, -0.2) is 35.6 Å². The molecule has 1 fully saturated rings. The Hall–Kier alpha value is -3.09. The lowest BCUT2D eigenvalue weighted by Crippen LogP contribution is -2.23. The number of carbonyl (C=O) groups is 2. The molecule has 5 nitrogen and oxygen atoms in total. The van der Waals surface area contributed by atoms with E-state index in [2.05, 4.69) is 39.8 Å². The largest absolute Gasteiger partial charge is 0.348 e. The molecular weight excluding hydrogens is 442 g/mol.